The predicted octanol–water partition coefficient (Wildman–Crippen LogP) is 8.85. The molecule has 3 heterocycles. The van der Waals surface area contributed by atoms with E-state index in [1.165, 1.54) is 92.1 Å². The van der Waals surface area contributed by atoms with Gasteiger partial charge in [-0.2, -0.15) is 0 Å². The van der Waals surface area contributed by atoms with Crippen molar-refractivity contribution < 1.29 is 13.7 Å². The minimum absolute atomic E-state index is 1.04. The highest BCUT2D eigenvalue weighted by molar-refractivity contribution is 5.70. The minimum Gasteiger partial charge on any atom is -0.378 e. The van der Waals surface area contributed by atoms with E-state index in [9.17, 15) is 0 Å². The van der Waals surface area contributed by atoms with Gasteiger partial charge in [-0.15, -0.1) is 0 Å². The van der Waals surface area contributed by atoms with Crippen LogP contribution in [0.1, 0.15) is 95.1 Å². The van der Waals surface area contributed by atoms with E-state index in [1.54, 1.807) is 0 Å². The van der Waals surface area contributed by atoms with Crippen LogP contribution in [0.3, 0.4) is 0 Å². The number of benzene rings is 1. The number of hydrogen-bond acceptors (Lipinski definition) is 1. The fraction of sp³-hybridized carbons (Fsp3) is 0.439. The molecule has 0 N–H and O–H groups in total. The molecule has 0 aliphatic heterocycles. The van der Waals surface area contributed by atoms with E-state index in [1.807, 2.05) is 0 Å². The third-order valence-corrected chi connectivity index (χ3v) is 8.76. The first-order valence-electron chi connectivity index (χ1n) is 17.5. The van der Waals surface area contributed by atoms with Crippen molar-refractivity contribution in [3.8, 4) is 11.1 Å². The third kappa shape index (κ3) is 12.6. The number of aromatic nitrogens is 3. The van der Waals surface area contributed by atoms with E-state index < -0.39 is 0 Å². The number of unbranched alkanes of at least 4 members (excludes halogenated alkanes) is 10. The Balaban J connectivity index is 1.10. The van der Waals surface area contributed by atoms with Gasteiger partial charge in [-0.1, -0.05) is 82.6 Å². The molecule has 3 aromatic heterocycles. The summed E-state index contributed by atoms with van der Waals surface area (Å²) >= 11 is 0. The molecular formula is C41H57N4+3. The normalized spacial score (nSPS) is 11.4. The average Bonchev–Trinajstić information content (AvgIpc) is 3.08. The van der Waals surface area contributed by atoms with Gasteiger partial charge in [0.2, 0.25) is 0 Å². The van der Waals surface area contributed by atoms with E-state index in [-0.39, 0.29) is 0 Å². The molecule has 238 valence electrons. The molecule has 0 radical (unpaired) electrons. The Morgan fingerprint density at radius 3 is 1.22 bits per heavy atom. The number of hydrogen-bond donors (Lipinski definition) is 0. The lowest BCUT2D eigenvalue weighted by molar-refractivity contribution is -0.708. The summed E-state index contributed by atoms with van der Waals surface area (Å²) in [6.45, 7) is 5.50. The monoisotopic (exact) mass is 605 g/mol. The summed E-state index contributed by atoms with van der Waals surface area (Å²) in [5.41, 5.74) is 6.24. The Morgan fingerprint density at radius 2 is 0.800 bits per heavy atom. The van der Waals surface area contributed by atoms with Crippen molar-refractivity contribution in [2.75, 3.05) is 19.0 Å². The largest absolute Gasteiger partial charge is 0.378 e. The van der Waals surface area contributed by atoms with Crippen molar-refractivity contribution >= 4 is 17.8 Å². The maximum Gasteiger partial charge on any atom is 0.169 e. The molecule has 0 unspecified atom stereocenters. The Bertz CT molecular complexity index is 1370. The van der Waals surface area contributed by atoms with Crippen LogP contribution in [-0.4, -0.2) is 14.1 Å². The Hall–Kier alpha value is -3.79. The number of pyridine rings is 3. The highest BCUT2D eigenvalue weighted by Crippen LogP contribution is 2.17. The second-order valence-electron chi connectivity index (χ2n) is 12.7. The fourth-order valence-corrected chi connectivity index (χ4v) is 5.77. The lowest BCUT2D eigenvalue weighted by Gasteiger charge is -2.11. The molecule has 0 bridgehead atoms. The summed E-state index contributed by atoms with van der Waals surface area (Å²) in [4.78, 5) is 2.12. The first kappa shape index (κ1) is 34.1. The first-order chi connectivity index (χ1) is 22.1. The van der Waals surface area contributed by atoms with Gasteiger partial charge < -0.3 is 4.90 Å². The van der Waals surface area contributed by atoms with Crippen molar-refractivity contribution in [2.45, 2.75) is 104 Å². The average molecular weight is 606 g/mol. The topological polar surface area (TPSA) is 14.9 Å². The second-order valence-corrected chi connectivity index (χ2v) is 12.7. The molecular weight excluding hydrogens is 548 g/mol. The van der Waals surface area contributed by atoms with Gasteiger partial charge in [0, 0.05) is 75.4 Å². The number of aryl methyl sites for hydroxylation is 3. The zero-order valence-corrected chi connectivity index (χ0v) is 28.3. The summed E-state index contributed by atoms with van der Waals surface area (Å²) < 4.78 is 6.93. The zero-order valence-electron chi connectivity index (χ0n) is 28.3. The van der Waals surface area contributed by atoms with Gasteiger partial charge in [-0.05, 0) is 40.8 Å². The van der Waals surface area contributed by atoms with Crippen molar-refractivity contribution in [1.29, 1.82) is 0 Å². The molecule has 0 aliphatic carbocycles. The molecule has 4 rings (SSSR count). The Kier molecular flexibility index (Phi) is 14.8. The van der Waals surface area contributed by atoms with Crippen LogP contribution in [-0.2, 0) is 19.6 Å². The van der Waals surface area contributed by atoms with Gasteiger partial charge in [-0.3, -0.25) is 0 Å². The summed E-state index contributed by atoms with van der Waals surface area (Å²) in [6.07, 6.45) is 33.9. The molecule has 0 spiro atoms. The summed E-state index contributed by atoms with van der Waals surface area (Å²) in [5.74, 6) is 0. The van der Waals surface area contributed by atoms with E-state index in [0.29, 0.717) is 0 Å². The molecule has 0 atom stereocenters. The molecule has 0 amide bonds. The summed E-state index contributed by atoms with van der Waals surface area (Å²) in [7, 11) is 4.14. The zero-order chi connectivity index (χ0) is 31.5. The maximum atomic E-state index is 2.34. The predicted molar refractivity (Wildman–Crippen MR) is 190 cm³/mol. The molecule has 45 heavy (non-hydrogen) atoms. The maximum absolute atomic E-state index is 2.34. The van der Waals surface area contributed by atoms with Crippen LogP contribution in [0.5, 0.6) is 0 Å². The van der Waals surface area contributed by atoms with E-state index in [2.05, 4.69) is 150 Å². The summed E-state index contributed by atoms with van der Waals surface area (Å²) in [5, 5.41) is 0. The van der Waals surface area contributed by atoms with Crippen LogP contribution in [0.2, 0.25) is 0 Å². The van der Waals surface area contributed by atoms with Crippen LogP contribution >= 0.6 is 0 Å². The third-order valence-electron chi connectivity index (χ3n) is 8.76. The Labute approximate surface area is 273 Å². The number of rotatable bonds is 20. The molecule has 4 aromatic rings. The summed E-state index contributed by atoms with van der Waals surface area (Å²) in [6, 6.07) is 22.0. The molecule has 1 aromatic carbocycles. The van der Waals surface area contributed by atoms with Gasteiger partial charge in [0.05, 0.1) is 0 Å². The van der Waals surface area contributed by atoms with Gasteiger partial charge >= 0.3 is 0 Å². The van der Waals surface area contributed by atoms with E-state index in [0.717, 1.165) is 32.5 Å². The quantitative estimate of drug-likeness (QED) is 0.0725. The van der Waals surface area contributed by atoms with Gasteiger partial charge in [0.15, 0.2) is 37.2 Å². The lowest BCUT2D eigenvalue weighted by Crippen LogP contribution is -2.35. The van der Waals surface area contributed by atoms with Gasteiger partial charge in [0.1, 0.15) is 19.6 Å². The second kappa shape index (κ2) is 19.6. The molecule has 0 saturated heterocycles. The Morgan fingerprint density at radius 1 is 0.444 bits per heavy atom. The van der Waals surface area contributed by atoms with Crippen LogP contribution < -0.4 is 18.6 Å². The minimum atomic E-state index is 1.04. The molecule has 4 nitrogen and oxygen atoms in total. The van der Waals surface area contributed by atoms with E-state index >= 15 is 0 Å². The SMILES string of the molecule is CCCCCCCCCCCC[n+]1ccc(-c2cc[n+](CCCC[n+]3ccc(/C=C/c4ccc(N(C)C)cc4)cc3)cc2)cc1. The lowest BCUT2D eigenvalue weighted by atomic mass is 10.1. The van der Waals surface area contributed by atoms with E-state index in [4.69, 9.17) is 0 Å². The molecule has 0 fully saturated rings. The standard InChI is InChI=1S/C41H57N4/c1-4-5-6-7-8-9-10-11-12-13-28-44-33-24-39(25-34-44)40-26-35-45(36-27-40)30-15-14-29-43-31-22-38(23-32-43)17-16-37-18-20-41(21-19-37)42(2)3/h16-27,31-36H,4-15,28-30H2,1-3H3/q+3. The van der Waals surface area contributed by atoms with Crippen LogP contribution in [0.25, 0.3) is 23.3 Å². The fourth-order valence-electron chi connectivity index (χ4n) is 5.77. The van der Waals surface area contributed by atoms with Crippen molar-refractivity contribution in [3.05, 3.63) is 109 Å². The van der Waals surface area contributed by atoms with Crippen molar-refractivity contribution in [3.63, 3.8) is 0 Å². The highest BCUT2D eigenvalue weighted by Gasteiger charge is 2.07. The number of nitrogens with zero attached hydrogens (tertiary/aromatic N) is 4. The first-order valence-corrected chi connectivity index (χ1v) is 17.5. The van der Waals surface area contributed by atoms with Gasteiger partial charge in [-0.25, -0.2) is 13.7 Å². The molecule has 0 aliphatic rings. The van der Waals surface area contributed by atoms with Crippen molar-refractivity contribution in [2.24, 2.45) is 0 Å². The van der Waals surface area contributed by atoms with Crippen LogP contribution in [0.15, 0.2) is 97.8 Å². The molecule has 4 heteroatoms. The molecule has 0 saturated carbocycles. The smallest absolute Gasteiger partial charge is 0.169 e. The highest BCUT2D eigenvalue weighted by atomic mass is 15.1. The van der Waals surface area contributed by atoms with Gasteiger partial charge in [0.25, 0.3) is 0 Å². The number of anilines is 1. The van der Waals surface area contributed by atoms with Crippen LogP contribution in [0, 0.1) is 0 Å². The van der Waals surface area contributed by atoms with Crippen molar-refractivity contribution in [1.82, 2.24) is 0 Å². The van der Waals surface area contributed by atoms with Crippen LogP contribution in [0.4, 0.5) is 5.69 Å².